The van der Waals surface area contributed by atoms with Crippen LogP contribution in [0.4, 0.5) is 5.69 Å². The van der Waals surface area contributed by atoms with E-state index >= 15 is 0 Å². The Kier molecular flexibility index (Phi) is 4.74. The zero-order valence-electron chi connectivity index (χ0n) is 12.8. The quantitative estimate of drug-likeness (QED) is 0.909. The van der Waals surface area contributed by atoms with Crippen molar-refractivity contribution in [1.82, 2.24) is 19.8 Å². The minimum Gasteiger partial charge on any atom is -0.396 e. The number of likely N-dealkylation sites (N-methyl/N-ethyl adjacent to an activating group) is 2. The Morgan fingerprint density at radius 1 is 1.38 bits per heavy atom. The van der Waals surface area contributed by atoms with Gasteiger partial charge in [-0.15, -0.1) is 11.3 Å². The van der Waals surface area contributed by atoms with Crippen LogP contribution in [0.3, 0.4) is 0 Å². The molecule has 0 bridgehead atoms. The normalized spacial score (nSPS) is 12.8. The van der Waals surface area contributed by atoms with Crippen molar-refractivity contribution in [2.45, 2.75) is 19.9 Å². The molecule has 114 valence electrons. The molecule has 0 aromatic carbocycles. The van der Waals surface area contributed by atoms with Crippen LogP contribution in [0.25, 0.3) is 10.3 Å². The molecule has 0 aliphatic rings. The number of hydrogen-bond donors (Lipinski definition) is 1. The van der Waals surface area contributed by atoms with Gasteiger partial charge in [-0.1, -0.05) is 0 Å². The van der Waals surface area contributed by atoms with Crippen molar-refractivity contribution < 1.29 is 4.79 Å². The summed E-state index contributed by atoms with van der Waals surface area (Å²) in [5.41, 5.74) is 7.13. The van der Waals surface area contributed by atoms with Gasteiger partial charge in [-0.25, -0.2) is 9.97 Å². The second-order valence-corrected chi connectivity index (χ2v) is 6.26. The number of rotatable bonds is 5. The van der Waals surface area contributed by atoms with Crippen LogP contribution in [0.1, 0.15) is 23.5 Å². The Hall–Kier alpha value is -1.73. The third-order valence-electron chi connectivity index (χ3n) is 3.32. The Morgan fingerprint density at radius 3 is 2.62 bits per heavy atom. The van der Waals surface area contributed by atoms with Crippen LogP contribution < -0.4 is 5.73 Å². The van der Waals surface area contributed by atoms with Crippen molar-refractivity contribution in [2.75, 3.05) is 32.9 Å². The summed E-state index contributed by atoms with van der Waals surface area (Å²) < 4.78 is 0. The van der Waals surface area contributed by atoms with Crippen molar-refractivity contribution in [3.8, 4) is 0 Å². The van der Waals surface area contributed by atoms with Crippen LogP contribution in [-0.4, -0.2) is 58.9 Å². The average molecular weight is 307 g/mol. The van der Waals surface area contributed by atoms with Gasteiger partial charge < -0.3 is 15.5 Å². The summed E-state index contributed by atoms with van der Waals surface area (Å²) >= 11 is 1.31. The Bertz CT molecular complexity index is 639. The molecule has 0 spiro atoms. The number of nitrogens with two attached hydrogens (primary N) is 1. The molecule has 6 nitrogen and oxygen atoms in total. The van der Waals surface area contributed by atoms with Gasteiger partial charge in [0.15, 0.2) is 0 Å². The molecule has 7 heteroatoms. The number of nitrogens with zero attached hydrogens (tertiary/aromatic N) is 4. The monoisotopic (exact) mass is 307 g/mol. The number of thiophene rings is 1. The van der Waals surface area contributed by atoms with Crippen molar-refractivity contribution in [1.29, 1.82) is 0 Å². The maximum atomic E-state index is 12.8. The lowest BCUT2D eigenvalue weighted by molar-refractivity contribution is 0.0685. The van der Waals surface area contributed by atoms with Crippen LogP contribution in [0.15, 0.2) is 12.4 Å². The smallest absolute Gasteiger partial charge is 0.266 e. The van der Waals surface area contributed by atoms with Crippen molar-refractivity contribution >= 4 is 33.3 Å². The molecular formula is C14H21N5OS. The standard InChI is InChI=1S/C14H21N5OS/c1-5-19(9(2)8-18(3)4)14(20)12-10(15)11-13(21-12)17-7-6-16-11/h6-7,9H,5,8,15H2,1-4H3. The molecule has 0 fully saturated rings. The van der Waals surface area contributed by atoms with Gasteiger partial charge in [-0.05, 0) is 27.9 Å². The summed E-state index contributed by atoms with van der Waals surface area (Å²) in [7, 11) is 3.99. The minimum atomic E-state index is -0.0471. The van der Waals surface area contributed by atoms with Crippen molar-refractivity contribution in [3.63, 3.8) is 0 Å². The zero-order valence-corrected chi connectivity index (χ0v) is 13.6. The van der Waals surface area contributed by atoms with Crippen LogP contribution >= 0.6 is 11.3 Å². The van der Waals surface area contributed by atoms with Gasteiger partial charge in [-0.3, -0.25) is 4.79 Å². The summed E-state index contributed by atoms with van der Waals surface area (Å²) in [4.78, 5) is 26.3. The Morgan fingerprint density at radius 2 is 2.05 bits per heavy atom. The highest BCUT2D eigenvalue weighted by atomic mass is 32.1. The molecule has 0 saturated heterocycles. The minimum absolute atomic E-state index is 0.0471. The van der Waals surface area contributed by atoms with Crippen LogP contribution in [0.2, 0.25) is 0 Å². The highest BCUT2D eigenvalue weighted by Crippen LogP contribution is 2.31. The molecule has 2 heterocycles. The summed E-state index contributed by atoms with van der Waals surface area (Å²) in [6, 6.07) is 0.114. The first-order valence-corrected chi connectivity index (χ1v) is 7.72. The number of amides is 1. The first-order chi connectivity index (χ1) is 9.95. The lowest BCUT2D eigenvalue weighted by Crippen LogP contribution is -2.43. The zero-order chi connectivity index (χ0) is 15.6. The van der Waals surface area contributed by atoms with E-state index in [2.05, 4.69) is 14.9 Å². The van der Waals surface area contributed by atoms with E-state index in [1.165, 1.54) is 11.3 Å². The van der Waals surface area contributed by atoms with E-state index in [1.54, 1.807) is 12.4 Å². The number of anilines is 1. The summed E-state index contributed by atoms with van der Waals surface area (Å²) in [6.07, 6.45) is 3.20. The SMILES string of the molecule is CCN(C(=O)c1sc2nccnc2c1N)C(C)CN(C)C. The van der Waals surface area contributed by atoms with E-state index in [-0.39, 0.29) is 11.9 Å². The third-order valence-corrected chi connectivity index (χ3v) is 4.41. The Balaban J connectivity index is 2.33. The molecule has 0 aliphatic carbocycles. The maximum absolute atomic E-state index is 12.8. The fourth-order valence-electron chi connectivity index (χ4n) is 2.42. The van der Waals surface area contributed by atoms with E-state index in [9.17, 15) is 4.79 Å². The molecular weight excluding hydrogens is 286 g/mol. The lowest BCUT2D eigenvalue weighted by atomic mass is 10.2. The van der Waals surface area contributed by atoms with Crippen LogP contribution in [-0.2, 0) is 0 Å². The molecule has 0 saturated carbocycles. The van der Waals surface area contributed by atoms with E-state index in [4.69, 9.17) is 5.73 Å². The number of fused-ring (bicyclic) bond motifs is 1. The molecule has 21 heavy (non-hydrogen) atoms. The third kappa shape index (κ3) is 3.14. The van der Waals surface area contributed by atoms with E-state index < -0.39 is 0 Å². The highest BCUT2D eigenvalue weighted by molar-refractivity contribution is 7.21. The number of carbonyl (C=O) groups is 1. The predicted molar refractivity (Wildman–Crippen MR) is 86.6 cm³/mol. The molecule has 2 aromatic rings. The maximum Gasteiger partial charge on any atom is 0.266 e. The second kappa shape index (κ2) is 6.36. The largest absolute Gasteiger partial charge is 0.396 e. The van der Waals surface area contributed by atoms with Gasteiger partial charge in [-0.2, -0.15) is 0 Å². The van der Waals surface area contributed by atoms with Gasteiger partial charge in [0.2, 0.25) is 0 Å². The first-order valence-electron chi connectivity index (χ1n) is 6.90. The number of carbonyl (C=O) groups excluding carboxylic acids is 1. The lowest BCUT2D eigenvalue weighted by Gasteiger charge is -2.29. The molecule has 2 rings (SSSR count). The Labute approximate surface area is 128 Å². The van der Waals surface area contributed by atoms with Crippen molar-refractivity contribution in [2.24, 2.45) is 0 Å². The second-order valence-electron chi connectivity index (χ2n) is 5.26. The van der Waals surface area contributed by atoms with Gasteiger partial charge in [0, 0.05) is 31.5 Å². The fraction of sp³-hybridized carbons (Fsp3) is 0.500. The fourth-order valence-corrected chi connectivity index (χ4v) is 3.39. The number of nitrogen functional groups attached to an aromatic ring is 1. The molecule has 1 amide bonds. The molecule has 2 aromatic heterocycles. The molecule has 2 N–H and O–H groups in total. The predicted octanol–water partition coefficient (Wildman–Crippen LogP) is 1.69. The van der Waals surface area contributed by atoms with Crippen molar-refractivity contribution in [3.05, 3.63) is 17.3 Å². The van der Waals surface area contributed by atoms with Gasteiger partial charge >= 0.3 is 0 Å². The van der Waals surface area contributed by atoms with Crippen LogP contribution in [0, 0.1) is 0 Å². The van der Waals surface area contributed by atoms with E-state index in [0.29, 0.717) is 27.5 Å². The molecule has 1 unspecified atom stereocenters. The topological polar surface area (TPSA) is 75.3 Å². The van der Waals surface area contributed by atoms with Crippen LogP contribution in [0.5, 0.6) is 0 Å². The summed E-state index contributed by atoms with van der Waals surface area (Å²) in [5, 5.41) is 0. The number of aromatic nitrogens is 2. The van der Waals surface area contributed by atoms with Gasteiger partial charge in [0.1, 0.15) is 15.2 Å². The molecule has 0 aliphatic heterocycles. The highest BCUT2D eigenvalue weighted by Gasteiger charge is 2.25. The van der Waals surface area contributed by atoms with Gasteiger partial charge in [0.05, 0.1) is 5.69 Å². The van der Waals surface area contributed by atoms with E-state index in [1.807, 2.05) is 32.8 Å². The molecule has 0 radical (unpaired) electrons. The summed E-state index contributed by atoms with van der Waals surface area (Å²) in [6.45, 7) is 5.47. The first kappa shape index (κ1) is 15.7. The summed E-state index contributed by atoms with van der Waals surface area (Å²) in [5.74, 6) is -0.0471. The average Bonchev–Trinajstić information content (AvgIpc) is 2.76. The molecule has 1 atom stereocenters. The van der Waals surface area contributed by atoms with Gasteiger partial charge in [0.25, 0.3) is 5.91 Å². The number of hydrogen-bond acceptors (Lipinski definition) is 6. The van der Waals surface area contributed by atoms with E-state index in [0.717, 1.165) is 6.54 Å².